The maximum Gasteiger partial charge on any atom is 0.410 e. The molecule has 4 heterocycles. The Kier molecular flexibility index (Phi) is 4.52. The topological polar surface area (TPSA) is 67.8 Å². The van der Waals surface area contributed by atoms with Gasteiger partial charge in [0, 0.05) is 61.1 Å². The molecule has 0 aromatic carbocycles. The van der Waals surface area contributed by atoms with Crippen LogP contribution in [0.15, 0.2) is 18.5 Å². The Labute approximate surface area is 167 Å². The smallest absolute Gasteiger partial charge is 0.410 e. The van der Waals surface area contributed by atoms with Crippen LogP contribution in [0.5, 0.6) is 0 Å². The van der Waals surface area contributed by atoms with E-state index >= 15 is 0 Å². The number of amides is 1. The Balaban J connectivity index is 1.29. The minimum absolute atomic E-state index is 0.0768. The van der Waals surface area contributed by atoms with E-state index in [1.54, 1.807) is 16.2 Å². The third-order valence-corrected chi connectivity index (χ3v) is 6.36. The van der Waals surface area contributed by atoms with Gasteiger partial charge in [0.2, 0.25) is 0 Å². The number of piperazine rings is 1. The molecule has 0 bridgehead atoms. The van der Waals surface area contributed by atoms with Crippen LogP contribution in [-0.4, -0.2) is 66.5 Å². The average Bonchev–Trinajstić information content (AvgIpc) is 3.30. The van der Waals surface area contributed by atoms with Gasteiger partial charge in [-0.1, -0.05) is 0 Å². The molecule has 0 N–H and O–H groups in total. The van der Waals surface area contributed by atoms with Gasteiger partial charge in [0.15, 0.2) is 6.10 Å². The van der Waals surface area contributed by atoms with Crippen molar-refractivity contribution in [1.29, 1.82) is 0 Å². The zero-order valence-corrected chi connectivity index (χ0v) is 16.6. The van der Waals surface area contributed by atoms with Crippen molar-refractivity contribution in [2.24, 2.45) is 0 Å². The first kappa shape index (κ1) is 17.6. The third kappa shape index (κ3) is 3.27. The van der Waals surface area contributed by atoms with Crippen molar-refractivity contribution in [3.05, 3.63) is 39.6 Å². The van der Waals surface area contributed by atoms with Crippen molar-refractivity contribution in [2.75, 3.05) is 44.3 Å². The Morgan fingerprint density at radius 1 is 1.25 bits per heavy atom. The fourth-order valence-electron chi connectivity index (χ4n) is 3.75. The molecule has 2 aromatic heterocycles. The molecule has 2 saturated heterocycles. The number of fused-ring (bicyclic) bond motifs is 1. The molecule has 0 atom stereocenters. The Hall–Kier alpha value is -2.45. The Morgan fingerprint density at radius 3 is 2.75 bits per heavy atom. The van der Waals surface area contributed by atoms with E-state index in [1.807, 2.05) is 12.4 Å². The molecule has 2 aromatic rings. The summed E-state index contributed by atoms with van der Waals surface area (Å²) in [4.78, 5) is 26.7. The van der Waals surface area contributed by atoms with Gasteiger partial charge in [-0.15, -0.1) is 11.3 Å². The second-order valence-corrected chi connectivity index (χ2v) is 8.56. The van der Waals surface area contributed by atoms with Crippen molar-refractivity contribution in [1.82, 2.24) is 14.9 Å². The second-order valence-electron chi connectivity index (χ2n) is 7.33. The van der Waals surface area contributed by atoms with Crippen LogP contribution in [0.25, 0.3) is 11.6 Å². The Morgan fingerprint density at radius 2 is 2.07 bits per heavy atom. The van der Waals surface area contributed by atoms with Crippen molar-refractivity contribution in [2.45, 2.75) is 19.4 Å². The normalized spacial score (nSPS) is 19.2. The third-order valence-electron chi connectivity index (χ3n) is 5.38. The zero-order chi connectivity index (χ0) is 19.1. The molecule has 2 fully saturated rings. The molecule has 0 unspecified atom stereocenters. The number of allylic oxidation sites excluding steroid dienone is 1. The van der Waals surface area contributed by atoms with E-state index in [0.717, 1.165) is 30.2 Å². The highest BCUT2D eigenvalue weighted by atomic mass is 32.1. The molecule has 146 valence electrons. The average molecular weight is 398 g/mol. The molecule has 0 radical (unpaired) electrons. The lowest BCUT2D eigenvalue weighted by Crippen LogP contribution is -2.51. The number of thiazole rings is 1. The minimum atomic E-state index is -0.228. The summed E-state index contributed by atoms with van der Waals surface area (Å²) < 4.78 is 10.5. The lowest BCUT2D eigenvalue weighted by atomic mass is 10.1. The number of rotatable bonds is 3. The minimum Gasteiger partial charge on any atom is -0.441 e. The molecule has 2 aliphatic heterocycles. The highest BCUT2D eigenvalue weighted by Gasteiger charge is 2.29. The summed E-state index contributed by atoms with van der Waals surface area (Å²) in [7, 11) is 0. The number of hydrogen-bond acceptors (Lipinski definition) is 7. The van der Waals surface area contributed by atoms with Crippen molar-refractivity contribution in [3.63, 3.8) is 0 Å². The van der Waals surface area contributed by atoms with Crippen LogP contribution in [0.4, 0.5) is 10.5 Å². The van der Waals surface area contributed by atoms with Gasteiger partial charge in [-0.2, -0.15) is 0 Å². The highest BCUT2D eigenvalue weighted by Crippen LogP contribution is 2.37. The standard InChI is InChI=1S/C20H22N4O3S/c1-13-10-22-19(28-13)14-8-16-17(9-14)21-3-2-18(16)23-4-6-24(7-5-23)20(25)27-15-11-26-12-15/h2-3,8,10,15H,4-7,9,11-12H2,1H3. The number of aryl methyl sites for hydroxylation is 1. The second kappa shape index (κ2) is 7.18. The predicted molar refractivity (Wildman–Crippen MR) is 108 cm³/mol. The van der Waals surface area contributed by atoms with Crippen LogP contribution < -0.4 is 4.90 Å². The van der Waals surface area contributed by atoms with Gasteiger partial charge in [-0.25, -0.2) is 9.78 Å². The number of hydrogen-bond donors (Lipinski definition) is 0. The molecular weight excluding hydrogens is 376 g/mol. The number of ether oxygens (including phenoxy) is 2. The van der Waals surface area contributed by atoms with Crippen LogP contribution >= 0.6 is 11.3 Å². The molecular formula is C20H22N4O3S. The van der Waals surface area contributed by atoms with Crippen molar-refractivity contribution in [3.8, 4) is 0 Å². The largest absolute Gasteiger partial charge is 0.441 e. The van der Waals surface area contributed by atoms with Gasteiger partial charge >= 0.3 is 6.09 Å². The lowest BCUT2D eigenvalue weighted by Gasteiger charge is -2.37. The fourth-order valence-corrected chi connectivity index (χ4v) is 4.53. The quantitative estimate of drug-likeness (QED) is 0.792. The molecule has 0 spiro atoms. The van der Waals surface area contributed by atoms with E-state index in [9.17, 15) is 4.79 Å². The molecule has 1 amide bonds. The SMILES string of the molecule is Cc1cnc(C2=Cc3c(N4CCN(C(=O)OC5COC5)CC4)ccnc3C2)s1. The van der Waals surface area contributed by atoms with E-state index in [4.69, 9.17) is 9.47 Å². The number of nitrogens with zero attached hydrogens (tertiary/aromatic N) is 4. The van der Waals surface area contributed by atoms with Crippen LogP contribution in [0.2, 0.25) is 0 Å². The summed E-state index contributed by atoms with van der Waals surface area (Å²) in [6.45, 7) is 6.00. The first-order valence-corrected chi connectivity index (χ1v) is 10.4. The van der Waals surface area contributed by atoms with Crippen LogP contribution in [0.1, 0.15) is 21.1 Å². The number of anilines is 1. The number of carbonyl (C=O) groups is 1. The molecule has 7 nitrogen and oxygen atoms in total. The van der Waals surface area contributed by atoms with E-state index in [2.05, 4.69) is 33.9 Å². The maximum atomic E-state index is 12.2. The van der Waals surface area contributed by atoms with E-state index in [1.165, 1.54) is 21.7 Å². The molecule has 8 heteroatoms. The fraction of sp³-hybridized carbons (Fsp3) is 0.450. The predicted octanol–water partition coefficient (Wildman–Crippen LogP) is 2.60. The summed E-state index contributed by atoms with van der Waals surface area (Å²) >= 11 is 1.72. The number of aromatic nitrogens is 2. The van der Waals surface area contributed by atoms with Gasteiger partial charge in [-0.3, -0.25) is 4.98 Å². The maximum absolute atomic E-state index is 12.2. The summed E-state index contributed by atoms with van der Waals surface area (Å²) in [6, 6.07) is 2.07. The summed E-state index contributed by atoms with van der Waals surface area (Å²) in [5.74, 6) is 0. The molecule has 3 aliphatic rings. The summed E-state index contributed by atoms with van der Waals surface area (Å²) in [6.07, 6.45) is 6.56. The number of carbonyl (C=O) groups excluding carboxylic acids is 1. The van der Waals surface area contributed by atoms with Gasteiger partial charge in [-0.05, 0) is 24.6 Å². The van der Waals surface area contributed by atoms with Gasteiger partial charge in [0.05, 0.1) is 18.9 Å². The van der Waals surface area contributed by atoms with E-state index in [0.29, 0.717) is 26.3 Å². The Bertz CT molecular complexity index is 929. The lowest BCUT2D eigenvalue weighted by molar-refractivity contribution is -0.104. The zero-order valence-electron chi connectivity index (χ0n) is 15.8. The van der Waals surface area contributed by atoms with Crippen LogP contribution in [-0.2, 0) is 15.9 Å². The first-order chi connectivity index (χ1) is 13.7. The van der Waals surface area contributed by atoms with Crippen LogP contribution in [0, 0.1) is 6.92 Å². The molecule has 0 saturated carbocycles. The monoisotopic (exact) mass is 398 g/mol. The number of pyridine rings is 1. The molecule has 5 rings (SSSR count). The van der Waals surface area contributed by atoms with Gasteiger partial charge in [0.25, 0.3) is 0 Å². The summed E-state index contributed by atoms with van der Waals surface area (Å²) in [5.41, 5.74) is 4.71. The molecule has 28 heavy (non-hydrogen) atoms. The summed E-state index contributed by atoms with van der Waals surface area (Å²) in [5, 5.41) is 1.08. The van der Waals surface area contributed by atoms with E-state index < -0.39 is 0 Å². The van der Waals surface area contributed by atoms with Gasteiger partial charge < -0.3 is 19.3 Å². The van der Waals surface area contributed by atoms with Gasteiger partial charge in [0.1, 0.15) is 5.01 Å². The van der Waals surface area contributed by atoms with Crippen molar-refractivity contribution >= 4 is 34.8 Å². The van der Waals surface area contributed by atoms with E-state index in [-0.39, 0.29) is 12.2 Å². The highest BCUT2D eigenvalue weighted by molar-refractivity contribution is 7.12. The first-order valence-electron chi connectivity index (χ1n) is 9.57. The molecule has 1 aliphatic carbocycles. The van der Waals surface area contributed by atoms with Crippen LogP contribution in [0.3, 0.4) is 0 Å². The van der Waals surface area contributed by atoms with Crippen molar-refractivity contribution < 1.29 is 14.3 Å².